The van der Waals surface area contributed by atoms with Gasteiger partial charge in [-0.3, -0.25) is 0 Å². The second-order valence-corrected chi connectivity index (χ2v) is 3.27. The minimum Gasteiger partial charge on any atom is -0.396 e. The molecule has 0 aromatic carbocycles. The van der Waals surface area contributed by atoms with Crippen LogP contribution in [0.15, 0.2) is 0 Å². The molecule has 2 N–H and O–H groups in total. The summed E-state index contributed by atoms with van der Waals surface area (Å²) in [7, 11) is 0. The lowest BCUT2D eigenvalue weighted by Crippen LogP contribution is -2.23. The maximum absolute atomic E-state index is 8.96. The number of ether oxygens (including phenoxy) is 1. The molecule has 0 spiro atoms. The summed E-state index contributed by atoms with van der Waals surface area (Å²) in [6, 6.07) is 0. The summed E-state index contributed by atoms with van der Waals surface area (Å²) >= 11 is 0. The number of rotatable bonds is 2. The number of hydrogen-bond donors (Lipinski definition) is 2. The summed E-state index contributed by atoms with van der Waals surface area (Å²) in [4.78, 5) is 0. The predicted molar refractivity (Wildman–Crippen MR) is 41.2 cm³/mol. The van der Waals surface area contributed by atoms with E-state index in [1.165, 1.54) is 0 Å². The van der Waals surface area contributed by atoms with Crippen LogP contribution in [0.2, 0.25) is 0 Å². The summed E-state index contributed by atoms with van der Waals surface area (Å²) in [6.07, 6.45) is -0.00528. The van der Waals surface area contributed by atoms with Crippen LogP contribution in [0.3, 0.4) is 0 Å². The van der Waals surface area contributed by atoms with Crippen LogP contribution in [-0.4, -0.2) is 35.6 Å². The Morgan fingerprint density at radius 2 is 1.82 bits per heavy atom. The predicted octanol–water partition coefficient (Wildman–Crippen LogP) is 0.0106. The first kappa shape index (κ1) is 8.97. The third-order valence-electron chi connectivity index (χ3n) is 2.64. The summed E-state index contributed by atoms with van der Waals surface area (Å²) in [5.41, 5.74) is 0. The van der Waals surface area contributed by atoms with Gasteiger partial charge in [0.2, 0.25) is 0 Å². The van der Waals surface area contributed by atoms with Gasteiger partial charge in [0, 0.05) is 12.5 Å². The minimum absolute atomic E-state index is 0.0575. The van der Waals surface area contributed by atoms with Crippen molar-refractivity contribution in [3.8, 4) is 0 Å². The molecule has 1 saturated heterocycles. The van der Waals surface area contributed by atoms with Crippen LogP contribution >= 0.6 is 0 Å². The standard InChI is InChI=1S/C8H16O3/c1-5-7(3-9)6(2)11-8(5)4-10/h5-10H,3-4H2,1-2H3. The highest BCUT2D eigenvalue weighted by Gasteiger charge is 2.38. The number of aliphatic hydroxyl groups excluding tert-OH is 2. The summed E-state index contributed by atoms with van der Waals surface area (Å²) in [5.74, 6) is 0.451. The molecule has 66 valence electrons. The second-order valence-electron chi connectivity index (χ2n) is 3.27. The van der Waals surface area contributed by atoms with E-state index in [1.807, 2.05) is 13.8 Å². The number of aliphatic hydroxyl groups is 2. The van der Waals surface area contributed by atoms with Crippen molar-refractivity contribution in [1.82, 2.24) is 0 Å². The fourth-order valence-electron chi connectivity index (χ4n) is 1.73. The molecule has 0 saturated carbocycles. The maximum Gasteiger partial charge on any atom is 0.0839 e. The van der Waals surface area contributed by atoms with E-state index in [0.29, 0.717) is 0 Å². The van der Waals surface area contributed by atoms with Crippen molar-refractivity contribution in [3.63, 3.8) is 0 Å². The molecule has 3 nitrogen and oxygen atoms in total. The molecule has 0 aromatic rings. The first-order valence-electron chi connectivity index (χ1n) is 4.08. The molecule has 1 aliphatic rings. The minimum atomic E-state index is -0.0813. The second kappa shape index (κ2) is 3.52. The van der Waals surface area contributed by atoms with Crippen LogP contribution in [0.5, 0.6) is 0 Å². The Morgan fingerprint density at radius 3 is 2.09 bits per heavy atom. The zero-order chi connectivity index (χ0) is 8.43. The third-order valence-corrected chi connectivity index (χ3v) is 2.64. The van der Waals surface area contributed by atoms with Gasteiger partial charge < -0.3 is 14.9 Å². The fraction of sp³-hybridized carbons (Fsp3) is 1.00. The Balaban J connectivity index is 2.55. The first-order chi connectivity index (χ1) is 5.20. The highest BCUT2D eigenvalue weighted by atomic mass is 16.5. The van der Waals surface area contributed by atoms with Crippen molar-refractivity contribution >= 4 is 0 Å². The van der Waals surface area contributed by atoms with Crippen molar-refractivity contribution in [3.05, 3.63) is 0 Å². The molecule has 1 rings (SSSR count). The van der Waals surface area contributed by atoms with Gasteiger partial charge >= 0.3 is 0 Å². The molecule has 3 heteroatoms. The SMILES string of the molecule is CC1OC(CO)C(C)C1CO. The quantitative estimate of drug-likeness (QED) is 0.598. The van der Waals surface area contributed by atoms with Gasteiger partial charge in [0.15, 0.2) is 0 Å². The molecule has 4 unspecified atom stereocenters. The Labute approximate surface area is 67.0 Å². The van der Waals surface area contributed by atoms with Gasteiger partial charge in [-0.1, -0.05) is 6.92 Å². The van der Waals surface area contributed by atoms with Gasteiger partial charge in [0.25, 0.3) is 0 Å². The molecule has 0 bridgehead atoms. The summed E-state index contributed by atoms with van der Waals surface area (Å²) in [6.45, 7) is 4.15. The van der Waals surface area contributed by atoms with Crippen LogP contribution < -0.4 is 0 Å². The zero-order valence-electron chi connectivity index (χ0n) is 7.03. The maximum atomic E-state index is 8.96. The average molecular weight is 160 g/mol. The van der Waals surface area contributed by atoms with Crippen molar-refractivity contribution in [1.29, 1.82) is 0 Å². The lowest BCUT2D eigenvalue weighted by atomic mass is 9.90. The molecule has 0 amide bonds. The van der Waals surface area contributed by atoms with E-state index < -0.39 is 0 Å². The van der Waals surface area contributed by atoms with Gasteiger partial charge in [-0.05, 0) is 12.8 Å². The van der Waals surface area contributed by atoms with E-state index in [1.54, 1.807) is 0 Å². The monoisotopic (exact) mass is 160 g/mol. The van der Waals surface area contributed by atoms with Gasteiger partial charge in [-0.2, -0.15) is 0 Å². The Kier molecular flexibility index (Phi) is 2.87. The molecule has 0 aliphatic carbocycles. The molecule has 1 fully saturated rings. The molecule has 0 aromatic heterocycles. The van der Waals surface area contributed by atoms with Crippen LogP contribution in [0.4, 0.5) is 0 Å². The fourth-order valence-corrected chi connectivity index (χ4v) is 1.73. The zero-order valence-corrected chi connectivity index (χ0v) is 7.03. The molecule has 11 heavy (non-hydrogen) atoms. The summed E-state index contributed by atoms with van der Waals surface area (Å²) < 4.78 is 5.42. The van der Waals surface area contributed by atoms with Crippen molar-refractivity contribution in [2.75, 3.05) is 13.2 Å². The lowest BCUT2D eigenvalue weighted by molar-refractivity contribution is 0.00406. The van der Waals surface area contributed by atoms with Gasteiger partial charge in [-0.15, -0.1) is 0 Å². The normalized spacial score (nSPS) is 44.7. The topological polar surface area (TPSA) is 49.7 Å². The third kappa shape index (κ3) is 1.55. The van der Waals surface area contributed by atoms with Gasteiger partial charge in [0.05, 0.1) is 18.8 Å². The Hall–Kier alpha value is -0.120. The number of hydrogen-bond acceptors (Lipinski definition) is 3. The van der Waals surface area contributed by atoms with Crippen molar-refractivity contribution < 1.29 is 14.9 Å². The average Bonchev–Trinajstić information content (AvgIpc) is 2.26. The molecular weight excluding hydrogens is 144 g/mol. The lowest BCUT2D eigenvalue weighted by Gasteiger charge is -2.14. The van der Waals surface area contributed by atoms with Gasteiger partial charge in [0.1, 0.15) is 0 Å². The highest BCUT2D eigenvalue weighted by Crippen LogP contribution is 2.31. The van der Waals surface area contributed by atoms with Crippen LogP contribution in [0.1, 0.15) is 13.8 Å². The van der Waals surface area contributed by atoms with Gasteiger partial charge in [-0.25, -0.2) is 0 Å². The Morgan fingerprint density at radius 1 is 1.18 bits per heavy atom. The van der Waals surface area contributed by atoms with E-state index in [2.05, 4.69) is 0 Å². The van der Waals surface area contributed by atoms with Crippen LogP contribution in [-0.2, 0) is 4.74 Å². The largest absolute Gasteiger partial charge is 0.396 e. The molecule has 0 radical (unpaired) electrons. The molecular formula is C8H16O3. The molecule has 1 heterocycles. The van der Waals surface area contributed by atoms with E-state index >= 15 is 0 Å². The van der Waals surface area contributed by atoms with E-state index in [9.17, 15) is 0 Å². The van der Waals surface area contributed by atoms with E-state index in [4.69, 9.17) is 14.9 Å². The van der Waals surface area contributed by atoms with Crippen LogP contribution in [0, 0.1) is 11.8 Å². The van der Waals surface area contributed by atoms with Crippen LogP contribution in [0.25, 0.3) is 0 Å². The van der Waals surface area contributed by atoms with E-state index in [0.717, 1.165) is 0 Å². The van der Waals surface area contributed by atoms with Crippen molar-refractivity contribution in [2.45, 2.75) is 26.1 Å². The highest BCUT2D eigenvalue weighted by molar-refractivity contribution is 4.84. The smallest absolute Gasteiger partial charge is 0.0839 e. The first-order valence-corrected chi connectivity index (χ1v) is 4.08. The van der Waals surface area contributed by atoms with Crippen molar-refractivity contribution in [2.24, 2.45) is 11.8 Å². The molecule has 4 atom stereocenters. The Bertz CT molecular complexity index is 127. The van der Waals surface area contributed by atoms with E-state index in [-0.39, 0.29) is 37.3 Å². The summed E-state index contributed by atoms with van der Waals surface area (Å²) in [5, 5.41) is 17.8. The molecule has 1 aliphatic heterocycles.